The number of sulfonamides is 4. The third-order valence-electron chi connectivity index (χ3n) is 25.9. The Morgan fingerprint density at radius 3 is 0.935 bits per heavy atom. The molecule has 1 atom stereocenters. The van der Waals surface area contributed by atoms with Crippen LogP contribution in [0.25, 0.3) is 22.3 Å². The molecule has 0 saturated carbocycles. The molecule has 4 N–H and O–H groups in total. The fourth-order valence-corrected chi connectivity index (χ4v) is 25.3. The maximum absolute atomic E-state index is 15.4. The second-order valence-corrected chi connectivity index (χ2v) is 39.1. The smallest absolute Gasteiger partial charge is 0.211 e. The minimum atomic E-state index is -4.15. The summed E-state index contributed by atoms with van der Waals surface area (Å²) < 4.78 is 144. The molecule has 0 amide bonds. The van der Waals surface area contributed by atoms with Gasteiger partial charge in [0.1, 0.15) is 0 Å². The minimum Gasteiger partial charge on any atom is -0.211 e. The van der Waals surface area contributed by atoms with E-state index in [1.165, 1.54) is 0 Å². The van der Waals surface area contributed by atoms with Crippen LogP contribution >= 0.6 is 0 Å². The van der Waals surface area contributed by atoms with E-state index < -0.39 is 46.0 Å². The summed E-state index contributed by atoms with van der Waals surface area (Å²) in [6.45, 7) is 46.0. The lowest BCUT2D eigenvalue weighted by molar-refractivity contribution is -0.834. The Morgan fingerprint density at radius 1 is 0.374 bits per heavy atom. The monoisotopic (exact) mass is 1530 g/mol. The molecule has 1 spiro atoms. The lowest BCUT2D eigenvalue weighted by Gasteiger charge is -2.42. The van der Waals surface area contributed by atoms with Crippen molar-refractivity contribution < 1.29 is 42.8 Å². The lowest BCUT2D eigenvalue weighted by atomic mass is 9.82. The van der Waals surface area contributed by atoms with E-state index in [-0.39, 0.29) is 56.6 Å². The van der Waals surface area contributed by atoms with Crippen molar-refractivity contribution in [2.24, 2.45) is 22.7 Å². The van der Waals surface area contributed by atoms with Crippen LogP contribution in [0.15, 0.2) is 104 Å². The van der Waals surface area contributed by atoms with E-state index in [0.717, 1.165) is 163 Å². The summed E-state index contributed by atoms with van der Waals surface area (Å²) in [5.41, 5.74) is 18.7. The molecule has 6 aromatic rings. The number of allylic oxidation sites excluding steroid dienone is 4. The van der Waals surface area contributed by atoms with E-state index in [9.17, 15) is 0 Å². The van der Waals surface area contributed by atoms with Gasteiger partial charge in [-0.1, -0.05) is 154 Å². The van der Waals surface area contributed by atoms with Crippen molar-refractivity contribution in [1.29, 1.82) is 0 Å². The lowest BCUT2D eigenvalue weighted by Crippen LogP contribution is -2.71. The molecule has 574 valence electrons. The highest BCUT2D eigenvalue weighted by Crippen LogP contribution is 2.56. The summed E-state index contributed by atoms with van der Waals surface area (Å²) in [7, 11) is -16.5. The van der Waals surface area contributed by atoms with Crippen LogP contribution in [0.5, 0.6) is 0 Å². The third-order valence-corrected chi connectivity index (χ3v) is 32.9. The first-order chi connectivity index (χ1) is 50.4. The van der Waals surface area contributed by atoms with Crippen molar-refractivity contribution in [2.45, 2.75) is 255 Å². The predicted molar refractivity (Wildman–Crippen MR) is 435 cm³/mol. The van der Waals surface area contributed by atoms with Crippen LogP contribution in [0.3, 0.4) is 0 Å². The van der Waals surface area contributed by atoms with Crippen LogP contribution < -0.4 is 29.6 Å². The average molecular weight is 1530 g/mol. The molecule has 6 aliphatic rings. The number of aryl methyl sites for hydroxylation is 8. The van der Waals surface area contributed by atoms with Crippen molar-refractivity contribution >= 4 is 73.8 Å². The van der Waals surface area contributed by atoms with Gasteiger partial charge >= 0.3 is 5.91 Å². The first-order valence-corrected chi connectivity index (χ1v) is 45.2. The van der Waals surface area contributed by atoms with Crippen LogP contribution in [0, 0.1) is 106 Å². The number of aromatic nitrogens is 2. The quantitative estimate of drug-likeness (QED) is 0.0299. The topological polar surface area (TPSA) is 201 Å². The van der Waals surface area contributed by atoms with Gasteiger partial charge in [0.25, 0.3) is 0 Å². The number of benzene rings is 4. The predicted octanol–water partition coefficient (Wildman–Crippen LogP) is 15.3. The van der Waals surface area contributed by atoms with Crippen LogP contribution in [0.4, 0.5) is 0 Å². The molecule has 0 radical (unpaired) electrons. The fraction of sp³-hybridized carbons (Fsp3) is 0.494. The molecule has 20 heteroatoms. The second-order valence-electron chi connectivity index (χ2n) is 32.3. The van der Waals surface area contributed by atoms with Gasteiger partial charge in [0.2, 0.25) is 62.9 Å². The highest BCUT2D eigenvalue weighted by atomic mass is 32.2. The molecule has 12 rings (SSSR count). The van der Waals surface area contributed by atoms with Crippen molar-refractivity contribution in [2.75, 3.05) is 26.2 Å². The van der Waals surface area contributed by atoms with Crippen molar-refractivity contribution in [3.8, 4) is 0 Å². The molecule has 8 heterocycles. The van der Waals surface area contributed by atoms with Crippen molar-refractivity contribution in [3.05, 3.63) is 195 Å². The van der Waals surface area contributed by atoms with Gasteiger partial charge < -0.3 is 0 Å². The first-order valence-electron chi connectivity index (χ1n) is 39.2. The molecule has 2 aromatic heterocycles. The zero-order valence-electron chi connectivity index (χ0n) is 67.6. The number of hydrogen-bond donors (Lipinski definition) is 4. The number of hydrogen-bond acceptors (Lipinski definition) is 8. The summed E-state index contributed by atoms with van der Waals surface area (Å²) in [4.78, 5) is 0.840. The minimum absolute atomic E-state index is 0.0583. The SMILES string of the molecule is CCC(CC)CCNS(=O)(=O)c1c(C)cc(C)c(C2=C3C=CC4=[N+]3C35n6c2ccc6C(c2c(C)cc(C)c(S(=O)(=O)NCCC(C)(CC)CC)c2C)=C2C=CC(=[N+]23)C(c2c(C)cc(C)c(S(=O)(=O)NCCC(C)(CC)CC)c2C)=c2ccc(n25)=C4c2c(C)cc(C)c(S(=O)(=O)NCCC(CC)CC)c2C)c1C. The van der Waals surface area contributed by atoms with E-state index in [1.54, 1.807) is 0 Å². The van der Waals surface area contributed by atoms with Gasteiger partial charge in [-0.15, -0.1) is 0 Å². The normalized spacial score (nSPS) is 16.9. The summed E-state index contributed by atoms with van der Waals surface area (Å²) in [5.74, 6) is -0.755. The number of rotatable bonds is 32. The molecule has 0 saturated heterocycles. The summed E-state index contributed by atoms with van der Waals surface area (Å²) in [6.07, 6.45) is 18.7. The van der Waals surface area contributed by atoms with Gasteiger partial charge in [-0.3, -0.25) is 0 Å². The summed E-state index contributed by atoms with van der Waals surface area (Å²) in [5, 5.41) is 1.54. The molecule has 16 nitrogen and oxygen atoms in total. The molecule has 0 bridgehead atoms. The van der Waals surface area contributed by atoms with E-state index in [2.05, 4.69) is 169 Å². The van der Waals surface area contributed by atoms with Gasteiger partial charge in [-0.25, -0.2) is 52.6 Å². The highest BCUT2D eigenvalue weighted by Gasteiger charge is 2.73. The average Bonchev–Trinajstić information content (AvgIpc) is 1.51. The molecular weight excluding hydrogens is 1410 g/mol. The Kier molecular flexibility index (Phi) is 21.7. The van der Waals surface area contributed by atoms with Gasteiger partial charge in [0.05, 0.1) is 64.0 Å². The van der Waals surface area contributed by atoms with E-state index in [0.29, 0.717) is 82.0 Å². The number of nitrogens with one attached hydrogen (secondary N) is 4. The molecule has 4 aromatic carbocycles. The van der Waals surface area contributed by atoms with Crippen LogP contribution in [-0.2, 0) is 46.0 Å². The zero-order chi connectivity index (χ0) is 78.1. The molecule has 0 fully saturated rings. The Hall–Kier alpha value is -6.88. The Labute approximate surface area is 639 Å². The Balaban J connectivity index is 1.25. The highest BCUT2D eigenvalue weighted by molar-refractivity contribution is 7.90. The maximum Gasteiger partial charge on any atom is 0.553 e. The standard InChI is InChI=1S/C87H116N8O8S4/c1-23-63(24-2)39-43-88-104(96,97)81-55(13)47-51(9)73(59(81)17)77-65-31-32-66-78(74-52(10)48-56(14)82(60(74)18)105(98,99)89-44-40-64(25-3)26-4)68-34-36-70-80(76-54(12)50-58(16)84(62(76)20)107(102,103)91-46-42-86(22,29-7)30-8)72-38-37-71-79(69-35-33-67(77)93(69)87(92(65)66,94(68)70)95(71)72)75-53(11)49-57(15)83(61(75)19)106(100,101)90-45-41-85(21,27-5)28-6/h31-38,47-50,63-64,88-91H,23-30,39-46H2,1-22H3/q+2. The second kappa shape index (κ2) is 29.1. The van der Waals surface area contributed by atoms with Crippen LogP contribution in [-0.4, -0.2) is 89.6 Å². The summed E-state index contributed by atoms with van der Waals surface area (Å²) >= 11 is 0. The van der Waals surface area contributed by atoms with Crippen LogP contribution in [0.2, 0.25) is 0 Å². The molecule has 107 heavy (non-hydrogen) atoms. The van der Waals surface area contributed by atoms with Crippen molar-refractivity contribution in [1.82, 2.24) is 28.0 Å². The summed E-state index contributed by atoms with van der Waals surface area (Å²) in [6, 6.07) is 16.5. The van der Waals surface area contributed by atoms with Gasteiger partial charge in [-0.05, 0) is 245 Å². The van der Waals surface area contributed by atoms with E-state index in [1.807, 2.05) is 93.5 Å². The van der Waals surface area contributed by atoms with E-state index in [4.69, 9.17) is 0 Å². The molecular formula is C87H116N8O8S4+2. The van der Waals surface area contributed by atoms with E-state index >= 15 is 33.7 Å². The fourth-order valence-electron chi connectivity index (χ4n) is 19.3. The molecule has 1 unspecified atom stereocenters. The Bertz CT molecular complexity index is 5580. The third kappa shape index (κ3) is 12.7. The number of nitrogens with zero attached hydrogens (tertiary/aromatic N) is 4. The Morgan fingerprint density at radius 2 is 0.654 bits per heavy atom. The van der Waals surface area contributed by atoms with Crippen molar-refractivity contribution in [3.63, 3.8) is 0 Å². The van der Waals surface area contributed by atoms with Gasteiger partial charge in [0.15, 0.2) is 0 Å². The van der Waals surface area contributed by atoms with Crippen LogP contribution in [0.1, 0.15) is 247 Å². The zero-order valence-corrected chi connectivity index (χ0v) is 70.9. The molecule has 6 aliphatic heterocycles. The molecule has 0 aliphatic carbocycles. The first kappa shape index (κ1) is 79.7. The maximum atomic E-state index is 15.4. The largest absolute Gasteiger partial charge is 0.553 e. The van der Waals surface area contributed by atoms with Gasteiger partial charge in [-0.2, -0.15) is 9.13 Å². The van der Waals surface area contributed by atoms with Gasteiger partial charge in [0, 0.05) is 50.5 Å².